The van der Waals surface area contributed by atoms with Crippen molar-refractivity contribution in [3.05, 3.63) is 70.8 Å². The summed E-state index contributed by atoms with van der Waals surface area (Å²) in [6, 6.07) is 14.6. The van der Waals surface area contributed by atoms with Crippen molar-refractivity contribution in [1.29, 1.82) is 0 Å². The molecule has 2 heterocycles. The SMILES string of the molecule is Cl.O=C(c1ccc2c(c1)C(=O)N(CCc1ccccc1)C2=O)N1CCNCC1. The highest BCUT2D eigenvalue weighted by molar-refractivity contribution is 6.22. The van der Waals surface area contributed by atoms with Crippen molar-refractivity contribution < 1.29 is 14.4 Å². The molecule has 0 spiro atoms. The fraction of sp³-hybridized carbons (Fsp3) is 0.286. The van der Waals surface area contributed by atoms with Crippen LogP contribution in [-0.4, -0.2) is 60.2 Å². The Balaban J connectivity index is 0.00000225. The van der Waals surface area contributed by atoms with E-state index in [0.717, 1.165) is 18.7 Å². The lowest BCUT2D eigenvalue weighted by Gasteiger charge is -2.27. The Hall–Kier alpha value is -2.70. The number of benzene rings is 2. The number of imide groups is 1. The van der Waals surface area contributed by atoms with Gasteiger partial charge in [-0.05, 0) is 30.2 Å². The summed E-state index contributed by atoms with van der Waals surface area (Å²) in [5.41, 5.74) is 2.24. The number of carbonyl (C=O) groups is 3. The zero-order valence-corrected chi connectivity index (χ0v) is 16.2. The highest BCUT2D eigenvalue weighted by Gasteiger charge is 2.36. The Kier molecular flexibility index (Phi) is 6.11. The smallest absolute Gasteiger partial charge is 0.261 e. The third-order valence-electron chi connectivity index (χ3n) is 5.09. The van der Waals surface area contributed by atoms with Crippen LogP contribution in [0.2, 0.25) is 0 Å². The molecule has 0 atom stereocenters. The van der Waals surface area contributed by atoms with Crippen molar-refractivity contribution in [2.75, 3.05) is 32.7 Å². The maximum absolute atomic E-state index is 12.7. The molecule has 1 saturated heterocycles. The number of rotatable bonds is 4. The van der Waals surface area contributed by atoms with E-state index < -0.39 is 0 Å². The number of fused-ring (bicyclic) bond motifs is 1. The standard InChI is InChI=1S/C21H21N3O3.ClH/c25-19(23-12-9-22-10-13-23)16-6-7-17-18(14-16)21(27)24(20(17)26)11-8-15-4-2-1-3-5-15;/h1-7,14,22H,8-13H2;1H. The van der Waals surface area contributed by atoms with E-state index in [9.17, 15) is 14.4 Å². The topological polar surface area (TPSA) is 69.7 Å². The normalized spacial score (nSPS) is 16.0. The maximum Gasteiger partial charge on any atom is 0.261 e. The predicted molar refractivity (Wildman–Crippen MR) is 108 cm³/mol. The molecule has 4 rings (SSSR count). The number of amides is 3. The fourth-order valence-corrected chi connectivity index (χ4v) is 3.56. The molecular formula is C21H22ClN3O3. The number of hydrogen-bond acceptors (Lipinski definition) is 4. The molecule has 0 bridgehead atoms. The number of hydrogen-bond donors (Lipinski definition) is 1. The second-order valence-corrected chi connectivity index (χ2v) is 6.80. The summed E-state index contributed by atoms with van der Waals surface area (Å²) in [5, 5.41) is 3.21. The first kappa shape index (κ1) is 20.0. The van der Waals surface area contributed by atoms with E-state index in [1.54, 1.807) is 23.1 Å². The molecule has 146 valence electrons. The Labute approximate surface area is 169 Å². The van der Waals surface area contributed by atoms with Crippen LogP contribution >= 0.6 is 12.4 Å². The van der Waals surface area contributed by atoms with E-state index >= 15 is 0 Å². The first-order valence-electron chi connectivity index (χ1n) is 9.19. The Morgan fingerprint density at radius 2 is 1.61 bits per heavy atom. The Morgan fingerprint density at radius 3 is 2.32 bits per heavy atom. The molecule has 0 radical (unpaired) electrons. The molecule has 6 nitrogen and oxygen atoms in total. The van der Waals surface area contributed by atoms with E-state index in [1.165, 1.54) is 4.90 Å². The first-order chi connectivity index (χ1) is 13.1. The average molecular weight is 400 g/mol. The highest BCUT2D eigenvalue weighted by atomic mass is 35.5. The Morgan fingerprint density at radius 1 is 0.929 bits per heavy atom. The third-order valence-corrected chi connectivity index (χ3v) is 5.09. The third kappa shape index (κ3) is 3.79. The molecule has 1 N–H and O–H groups in total. The van der Waals surface area contributed by atoms with Gasteiger partial charge in [0.2, 0.25) is 0 Å². The molecule has 3 amide bonds. The molecule has 1 fully saturated rings. The quantitative estimate of drug-likeness (QED) is 0.798. The summed E-state index contributed by atoms with van der Waals surface area (Å²) in [4.78, 5) is 41.1. The van der Waals surface area contributed by atoms with Gasteiger partial charge in [-0.3, -0.25) is 19.3 Å². The second-order valence-electron chi connectivity index (χ2n) is 6.80. The maximum atomic E-state index is 12.7. The molecule has 2 aromatic carbocycles. The molecule has 0 saturated carbocycles. The summed E-state index contributed by atoms with van der Waals surface area (Å²) in [7, 11) is 0. The molecule has 2 aromatic rings. The van der Waals surface area contributed by atoms with Crippen LogP contribution in [-0.2, 0) is 6.42 Å². The van der Waals surface area contributed by atoms with E-state index in [4.69, 9.17) is 0 Å². The van der Waals surface area contributed by atoms with Gasteiger partial charge in [-0.15, -0.1) is 12.4 Å². The van der Waals surface area contributed by atoms with Gasteiger partial charge in [0.05, 0.1) is 11.1 Å². The van der Waals surface area contributed by atoms with Gasteiger partial charge in [0.25, 0.3) is 17.7 Å². The molecule has 28 heavy (non-hydrogen) atoms. The van der Waals surface area contributed by atoms with Crippen LogP contribution in [0.4, 0.5) is 0 Å². The van der Waals surface area contributed by atoms with E-state index in [2.05, 4.69) is 5.32 Å². The number of piperazine rings is 1. The summed E-state index contributed by atoms with van der Waals surface area (Å²) < 4.78 is 0. The molecule has 0 aromatic heterocycles. The van der Waals surface area contributed by atoms with Crippen molar-refractivity contribution in [3.8, 4) is 0 Å². The first-order valence-corrected chi connectivity index (χ1v) is 9.19. The van der Waals surface area contributed by atoms with Crippen LogP contribution in [0.1, 0.15) is 36.6 Å². The van der Waals surface area contributed by atoms with Gasteiger partial charge in [0.15, 0.2) is 0 Å². The summed E-state index contributed by atoms with van der Waals surface area (Å²) in [6.07, 6.45) is 0.610. The zero-order valence-electron chi connectivity index (χ0n) is 15.4. The number of nitrogens with one attached hydrogen (secondary N) is 1. The number of carbonyl (C=O) groups excluding carboxylic acids is 3. The van der Waals surface area contributed by atoms with Gasteiger partial charge in [0.1, 0.15) is 0 Å². The molecule has 0 aliphatic carbocycles. The van der Waals surface area contributed by atoms with Crippen LogP contribution in [0, 0.1) is 0 Å². The monoisotopic (exact) mass is 399 g/mol. The summed E-state index contributed by atoms with van der Waals surface area (Å²) >= 11 is 0. The minimum atomic E-state index is -0.319. The largest absolute Gasteiger partial charge is 0.336 e. The summed E-state index contributed by atoms with van der Waals surface area (Å²) in [5.74, 6) is -0.699. The van der Waals surface area contributed by atoms with Crippen LogP contribution in [0.3, 0.4) is 0 Å². The molecule has 0 unspecified atom stereocenters. The lowest BCUT2D eigenvalue weighted by atomic mass is 10.0. The average Bonchev–Trinajstić information content (AvgIpc) is 2.97. The van der Waals surface area contributed by atoms with E-state index in [-0.39, 0.29) is 30.1 Å². The van der Waals surface area contributed by atoms with Crippen molar-refractivity contribution >= 4 is 30.1 Å². The minimum Gasteiger partial charge on any atom is -0.336 e. The molecule has 2 aliphatic rings. The van der Waals surface area contributed by atoms with Crippen LogP contribution in [0.25, 0.3) is 0 Å². The lowest BCUT2D eigenvalue weighted by molar-refractivity contribution is 0.0655. The van der Waals surface area contributed by atoms with Gasteiger partial charge >= 0.3 is 0 Å². The number of halogens is 1. The number of nitrogens with zero attached hydrogens (tertiary/aromatic N) is 2. The van der Waals surface area contributed by atoms with Gasteiger partial charge < -0.3 is 10.2 Å². The molecular weight excluding hydrogens is 378 g/mol. The summed E-state index contributed by atoms with van der Waals surface area (Å²) in [6.45, 7) is 3.15. The second kappa shape index (κ2) is 8.54. The highest BCUT2D eigenvalue weighted by Crippen LogP contribution is 2.25. The van der Waals surface area contributed by atoms with E-state index in [1.807, 2.05) is 30.3 Å². The lowest BCUT2D eigenvalue weighted by Crippen LogP contribution is -2.46. The van der Waals surface area contributed by atoms with Crippen molar-refractivity contribution in [3.63, 3.8) is 0 Å². The minimum absolute atomic E-state index is 0. The molecule has 2 aliphatic heterocycles. The van der Waals surface area contributed by atoms with Crippen molar-refractivity contribution in [1.82, 2.24) is 15.1 Å². The van der Waals surface area contributed by atoms with Gasteiger partial charge in [-0.2, -0.15) is 0 Å². The zero-order chi connectivity index (χ0) is 18.8. The van der Waals surface area contributed by atoms with Crippen LogP contribution in [0.5, 0.6) is 0 Å². The van der Waals surface area contributed by atoms with Crippen LogP contribution < -0.4 is 5.32 Å². The van der Waals surface area contributed by atoms with Crippen molar-refractivity contribution in [2.45, 2.75) is 6.42 Å². The van der Waals surface area contributed by atoms with Crippen molar-refractivity contribution in [2.24, 2.45) is 0 Å². The van der Waals surface area contributed by atoms with E-state index in [0.29, 0.717) is 42.7 Å². The van der Waals surface area contributed by atoms with Crippen LogP contribution in [0.15, 0.2) is 48.5 Å². The Bertz CT molecular complexity index is 895. The van der Waals surface area contributed by atoms with Gasteiger partial charge in [-0.1, -0.05) is 30.3 Å². The fourth-order valence-electron chi connectivity index (χ4n) is 3.56. The van der Waals surface area contributed by atoms with Gasteiger partial charge in [0, 0.05) is 38.3 Å². The predicted octanol–water partition coefficient (Wildman–Crippen LogP) is 1.99. The van der Waals surface area contributed by atoms with Gasteiger partial charge in [-0.25, -0.2) is 0 Å². The molecule has 7 heteroatoms.